The highest BCUT2D eigenvalue weighted by Gasteiger charge is 2.11. The molecule has 0 aliphatic heterocycles. The minimum atomic E-state index is 0.0370. The number of nitrogens with zero attached hydrogens (tertiary/aromatic N) is 2. The van der Waals surface area contributed by atoms with Crippen molar-refractivity contribution in [1.82, 2.24) is 9.88 Å². The predicted molar refractivity (Wildman–Crippen MR) is 59.2 cm³/mol. The van der Waals surface area contributed by atoms with Gasteiger partial charge in [0, 0.05) is 19.3 Å². The van der Waals surface area contributed by atoms with E-state index in [-0.39, 0.29) is 5.91 Å². The molecular weight excluding hydrogens is 244 g/mol. The van der Waals surface area contributed by atoms with Crippen LogP contribution in [-0.4, -0.2) is 28.9 Å². The van der Waals surface area contributed by atoms with E-state index in [1.807, 2.05) is 13.8 Å². The molecule has 0 saturated heterocycles. The summed E-state index contributed by atoms with van der Waals surface area (Å²) >= 11 is 3.23. The van der Waals surface area contributed by atoms with Crippen LogP contribution >= 0.6 is 15.9 Å². The Morgan fingerprint density at radius 1 is 1.43 bits per heavy atom. The fourth-order valence-corrected chi connectivity index (χ4v) is 1.43. The van der Waals surface area contributed by atoms with Gasteiger partial charge in [0.05, 0.1) is 5.56 Å². The number of carbonyl (C=O) groups excluding carboxylic acids is 1. The Hall–Kier alpha value is -0.900. The van der Waals surface area contributed by atoms with Gasteiger partial charge in [0.2, 0.25) is 0 Å². The molecule has 14 heavy (non-hydrogen) atoms. The fraction of sp³-hybridized carbons (Fsp3) is 0.400. The van der Waals surface area contributed by atoms with Crippen LogP contribution in [0.1, 0.15) is 24.2 Å². The van der Waals surface area contributed by atoms with Gasteiger partial charge in [0.1, 0.15) is 4.60 Å². The maximum atomic E-state index is 11.8. The molecule has 1 heterocycles. The highest BCUT2D eigenvalue weighted by Crippen LogP contribution is 2.08. The van der Waals surface area contributed by atoms with Gasteiger partial charge in [0.25, 0.3) is 5.91 Å². The molecule has 0 radical (unpaired) electrons. The molecule has 1 amide bonds. The number of pyridine rings is 1. The first-order valence-corrected chi connectivity index (χ1v) is 5.39. The maximum absolute atomic E-state index is 11.8. The number of rotatable bonds is 3. The highest BCUT2D eigenvalue weighted by molar-refractivity contribution is 9.10. The minimum absolute atomic E-state index is 0.0370. The maximum Gasteiger partial charge on any atom is 0.255 e. The van der Waals surface area contributed by atoms with E-state index in [0.29, 0.717) is 5.56 Å². The van der Waals surface area contributed by atoms with E-state index >= 15 is 0 Å². The van der Waals surface area contributed by atoms with Gasteiger partial charge in [-0.3, -0.25) is 4.79 Å². The van der Waals surface area contributed by atoms with Gasteiger partial charge in [0.15, 0.2) is 0 Å². The summed E-state index contributed by atoms with van der Waals surface area (Å²) in [6.45, 7) is 5.39. The summed E-state index contributed by atoms with van der Waals surface area (Å²) in [5, 5.41) is 0. The molecule has 0 aromatic carbocycles. The summed E-state index contributed by atoms with van der Waals surface area (Å²) < 4.78 is 0.744. The van der Waals surface area contributed by atoms with Crippen LogP contribution < -0.4 is 0 Å². The Kier molecular flexibility index (Phi) is 4.07. The summed E-state index contributed by atoms with van der Waals surface area (Å²) in [5.41, 5.74) is 0.636. The molecule has 0 atom stereocenters. The third kappa shape index (κ3) is 2.54. The third-order valence-corrected chi connectivity index (χ3v) is 2.49. The van der Waals surface area contributed by atoms with Crippen molar-refractivity contribution in [3.8, 4) is 0 Å². The first-order chi connectivity index (χ1) is 6.69. The van der Waals surface area contributed by atoms with Crippen LogP contribution in [0.4, 0.5) is 0 Å². The molecule has 1 aromatic rings. The lowest BCUT2D eigenvalue weighted by Crippen LogP contribution is -2.30. The summed E-state index contributed by atoms with van der Waals surface area (Å²) in [5.74, 6) is 0.0370. The Balaban J connectivity index is 2.83. The van der Waals surface area contributed by atoms with Crippen LogP contribution in [0.2, 0.25) is 0 Å². The van der Waals surface area contributed by atoms with Crippen molar-refractivity contribution in [1.29, 1.82) is 0 Å². The average molecular weight is 257 g/mol. The first-order valence-electron chi connectivity index (χ1n) is 4.59. The van der Waals surface area contributed by atoms with Crippen LogP contribution in [-0.2, 0) is 0 Å². The Bertz CT molecular complexity index is 306. The normalized spacial score (nSPS) is 9.93. The zero-order chi connectivity index (χ0) is 10.6. The van der Waals surface area contributed by atoms with Crippen LogP contribution in [0.25, 0.3) is 0 Å². The molecule has 0 fully saturated rings. The van der Waals surface area contributed by atoms with Crippen molar-refractivity contribution in [2.24, 2.45) is 0 Å². The molecule has 76 valence electrons. The first kappa shape index (κ1) is 11.2. The van der Waals surface area contributed by atoms with Gasteiger partial charge in [-0.1, -0.05) is 0 Å². The standard InChI is InChI=1S/C10H13BrN2O/c1-3-13(4-2)10(14)8-5-6-9(11)12-7-8/h5-7H,3-4H2,1-2H3. The number of hydrogen-bond donors (Lipinski definition) is 0. The minimum Gasteiger partial charge on any atom is -0.339 e. The molecule has 3 nitrogen and oxygen atoms in total. The van der Waals surface area contributed by atoms with Crippen molar-refractivity contribution in [3.05, 3.63) is 28.5 Å². The van der Waals surface area contributed by atoms with Crippen molar-refractivity contribution in [2.45, 2.75) is 13.8 Å². The van der Waals surface area contributed by atoms with Crippen LogP contribution in [0.3, 0.4) is 0 Å². The molecule has 4 heteroatoms. The van der Waals surface area contributed by atoms with Gasteiger partial charge in [-0.25, -0.2) is 4.98 Å². The van der Waals surface area contributed by atoms with Crippen molar-refractivity contribution >= 4 is 21.8 Å². The molecule has 1 aromatic heterocycles. The lowest BCUT2D eigenvalue weighted by molar-refractivity contribution is 0.0772. The van der Waals surface area contributed by atoms with E-state index < -0.39 is 0 Å². The summed E-state index contributed by atoms with van der Waals surface area (Å²) in [4.78, 5) is 17.6. The van der Waals surface area contributed by atoms with E-state index in [4.69, 9.17) is 0 Å². The fourth-order valence-electron chi connectivity index (χ4n) is 1.20. The highest BCUT2D eigenvalue weighted by atomic mass is 79.9. The predicted octanol–water partition coefficient (Wildman–Crippen LogP) is 2.33. The summed E-state index contributed by atoms with van der Waals surface area (Å²) in [7, 11) is 0. The molecule has 1 rings (SSSR count). The van der Waals surface area contributed by atoms with Crippen LogP contribution in [0.5, 0.6) is 0 Å². The monoisotopic (exact) mass is 256 g/mol. The number of aromatic nitrogens is 1. The number of hydrogen-bond acceptors (Lipinski definition) is 2. The van der Waals surface area contributed by atoms with E-state index in [1.54, 1.807) is 23.2 Å². The molecule has 0 bridgehead atoms. The lowest BCUT2D eigenvalue weighted by atomic mass is 10.2. The number of amides is 1. The van der Waals surface area contributed by atoms with Gasteiger partial charge in [-0.15, -0.1) is 0 Å². The van der Waals surface area contributed by atoms with Crippen LogP contribution in [0.15, 0.2) is 22.9 Å². The smallest absolute Gasteiger partial charge is 0.255 e. The van der Waals surface area contributed by atoms with Gasteiger partial charge in [-0.2, -0.15) is 0 Å². The molecular formula is C10H13BrN2O. The van der Waals surface area contributed by atoms with E-state index in [2.05, 4.69) is 20.9 Å². The molecule has 0 saturated carbocycles. The van der Waals surface area contributed by atoms with Crippen LogP contribution in [0, 0.1) is 0 Å². The van der Waals surface area contributed by atoms with E-state index in [0.717, 1.165) is 17.7 Å². The largest absolute Gasteiger partial charge is 0.339 e. The topological polar surface area (TPSA) is 33.2 Å². The van der Waals surface area contributed by atoms with Gasteiger partial charge < -0.3 is 4.90 Å². The number of carbonyl (C=O) groups is 1. The lowest BCUT2D eigenvalue weighted by Gasteiger charge is -2.18. The Labute approximate surface area is 92.3 Å². The third-order valence-electron chi connectivity index (χ3n) is 2.02. The zero-order valence-corrected chi connectivity index (χ0v) is 9.91. The van der Waals surface area contributed by atoms with Gasteiger partial charge in [-0.05, 0) is 41.9 Å². The van der Waals surface area contributed by atoms with E-state index in [1.165, 1.54) is 0 Å². The van der Waals surface area contributed by atoms with E-state index in [9.17, 15) is 4.79 Å². The van der Waals surface area contributed by atoms with Crippen molar-refractivity contribution in [3.63, 3.8) is 0 Å². The molecule has 0 aliphatic rings. The summed E-state index contributed by atoms with van der Waals surface area (Å²) in [6.07, 6.45) is 1.59. The average Bonchev–Trinajstić information content (AvgIpc) is 2.20. The van der Waals surface area contributed by atoms with Crippen molar-refractivity contribution < 1.29 is 4.79 Å². The quantitative estimate of drug-likeness (QED) is 0.778. The molecule has 0 N–H and O–H groups in total. The number of halogens is 1. The summed E-state index contributed by atoms with van der Waals surface area (Å²) in [6, 6.07) is 3.55. The Morgan fingerprint density at radius 3 is 2.50 bits per heavy atom. The molecule has 0 unspecified atom stereocenters. The second kappa shape index (κ2) is 5.10. The second-order valence-corrected chi connectivity index (χ2v) is 3.66. The Morgan fingerprint density at radius 2 is 2.07 bits per heavy atom. The molecule has 0 aliphatic carbocycles. The van der Waals surface area contributed by atoms with Crippen molar-refractivity contribution in [2.75, 3.05) is 13.1 Å². The second-order valence-electron chi connectivity index (χ2n) is 2.85. The molecule has 0 spiro atoms. The zero-order valence-electron chi connectivity index (χ0n) is 8.33. The van der Waals surface area contributed by atoms with Gasteiger partial charge >= 0.3 is 0 Å². The SMILES string of the molecule is CCN(CC)C(=O)c1ccc(Br)nc1.